The van der Waals surface area contributed by atoms with E-state index >= 15 is 0 Å². The molecule has 1 atom stereocenters. The Hall–Kier alpha value is -1.88. The molecule has 1 heterocycles. The second-order valence-electron chi connectivity index (χ2n) is 4.59. The van der Waals surface area contributed by atoms with Crippen LogP contribution in [0.25, 0.3) is 0 Å². The van der Waals surface area contributed by atoms with Crippen LogP contribution < -0.4 is 5.73 Å². The monoisotopic (exact) mass is 334 g/mol. The van der Waals surface area contributed by atoms with Crippen LogP contribution in [0.1, 0.15) is 11.1 Å². The molecule has 0 saturated carbocycles. The molecule has 0 aromatic heterocycles. The summed E-state index contributed by atoms with van der Waals surface area (Å²) in [5.41, 5.74) is 6.76. The first-order chi connectivity index (χ1) is 9.62. The van der Waals surface area contributed by atoms with E-state index in [2.05, 4.69) is 20.9 Å². The van der Waals surface area contributed by atoms with E-state index in [-0.39, 0.29) is 11.8 Å². The third-order valence-corrected chi connectivity index (χ3v) is 3.99. The lowest BCUT2D eigenvalue weighted by atomic mass is 9.84. The van der Waals surface area contributed by atoms with Crippen LogP contribution in [0.15, 0.2) is 58.0 Å². The van der Waals surface area contributed by atoms with Crippen LogP contribution in [0.4, 0.5) is 4.39 Å². The predicted octanol–water partition coefficient (Wildman–Crippen LogP) is 3.18. The summed E-state index contributed by atoms with van der Waals surface area (Å²) in [6, 6.07) is 14.7. The summed E-state index contributed by atoms with van der Waals surface area (Å²) in [5.74, 6) is -0.312. The van der Waals surface area contributed by atoms with Gasteiger partial charge in [0.2, 0.25) is 0 Å². The van der Waals surface area contributed by atoms with E-state index in [9.17, 15) is 4.39 Å². The largest absolute Gasteiger partial charge is 0.462 e. The van der Waals surface area contributed by atoms with Crippen LogP contribution in [-0.4, -0.2) is 12.6 Å². The van der Waals surface area contributed by atoms with E-state index in [4.69, 9.17) is 10.5 Å². The van der Waals surface area contributed by atoms with Gasteiger partial charge in [0.15, 0.2) is 5.54 Å². The quantitative estimate of drug-likeness (QED) is 0.916. The molecule has 102 valence electrons. The molecule has 2 aromatic rings. The molecule has 0 radical (unpaired) electrons. The molecule has 1 aliphatic heterocycles. The standard InChI is InChI=1S/C15H12BrFN2O/c16-12-8-11(6-7-13(12)17)15(9-20-14(18)19-15)10-4-2-1-3-5-10/h1-8H,9H2,(H2,18,19)/t15-/m0/s1. The van der Waals surface area contributed by atoms with Gasteiger partial charge in [0.1, 0.15) is 12.4 Å². The number of aliphatic imine (C=N–C) groups is 1. The number of hydrogen-bond donors (Lipinski definition) is 1. The first-order valence-corrected chi connectivity index (χ1v) is 6.90. The van der Waals surface area contributed by atoms with E-state index in [1.165, 1.54) is 6.07 Å². The number of amidine groups is 1. The Labute approximate surface area is 124 Å². The number of hydrogen-bond acceptors (Lipinski definition) is 3. The molecule has 0 unspecified atom stereocenters. The zero-order chi connectivity index (χ0) is 14.2. The average molecular weight is 335 g/mol. The molecular weight excluding hydrogens is 323 g/mol. The van der Waals surface area contributed by atoms with Gasteiger partial charge in [-0.05, 0) is 39.2 Å². The van der Waals surface area contributed by atoms with Crippen molar-refractivity contribution >= 4 is 22.0 Å². The zero-order valence-electron chi connectivity index (χ0n) is 10.5. The van der Waals surface area contributed by atoms with Gasteiger partial charge in [-0.3, -0.25) is 0 Å². The Balaban J connectivity index is 2.19. The average Bonchev–Trinajstić information content (AvgIpc) is 2.86. The van der Waals surface area contributed by atoms with Crippen molar-refractivity contribution in [2.75, 3.05) is 6.61 Å². The molecule has 1 aliphatic rings. The highest BCUT2D eigenvalue weighted by Gasteiger charge is 2.40. The number of nitrogens with zero attached hydrogens (tertiary/aromatic N) is 1. The van der Waals surface area contributed by atoms with Crippen molar-refractivity contribution in [2.24, 2.45) is 10.7 Å². The highest BCUT2D eigenvalue weighted by atomic mass is 79.9. The number of rotatable bonds is 2. The summed E-state index contributed by atoms with van der Waals surface area (Å²) in [6.45, 7) is 0.306. The minimum absolute atomic E-state index is 0.148. The van der Waals surface area contributed by atoms with Crippen LogP contribution in [0.2, 0.25) is 0 Å². The minimum atomic E-state index is -0.721. The normalized spacial score (nSPS) is 21.4. The number of nitrogens with two attached hydrogens (primary N) is 1. The lowest BCUT2D eigenvalue weighted by Crippen LogP contribution is -2.27. The third kappa shape index (κ3) is 2.08. The van der Waals surface area contributed by atoms with Crippen molar-refractivity contribution in [2.45, 2.75) is 5.54 Å². The summed E-state index contributed by atoms with van der Waals surface area (Å²) in [4.78, 5) is 4.46. The second kappa shape index (κ2) is 4.90. The molecule has 20 heavy (non-hydrogen) atoms. The lowest BCUT2D eigenvalue weighted by Gasteiger charge is -2.25. The third-order valence-electron chi connectivity index (χ3n) is 3.38. The van der Waals surface area contributed by atoms with E-state index in [0.717, 1.165) is 11.1 Å². The summed E-state index contributed by atoms with van der Waals surface area (Å²) in [6.07, 6.45) is 0. The zero-order valence-corrected chi connectivity index (χ0v) is 12.1. The van der Waals surface area contributed by atoms with Crippen LogP contribution >= 0.6 is 15.9 Å². The maximum absolute atomic E-state index is 13.5. The van der Waals surface area contributed by atoms with Gasteiger partial charge < -0.3 is 10.5 Å². The topological polar surface area (TPSA) is 47.6 Å². The van der Waals surface area contributed by atoms with Crippen molar-refractivity contribution in [3.05, 3.63) is 69.9 Å². The van der Waals surface area contributed by atoms with Crippen LogP contribution in [0.5, 0.6) is 0 Å². The SMILES string of the molecule is NC1=N[C@@](c2ccccc2)(c2ccc(F)c(Br)c2)CO1. The Morgan fingerprint density at radius 3 is 2.50 bits per heavy atom. The highest BCUT2D eigenvalue weighted by Crippen LogP contribution is 2.38. The molecule has 0 aliphatic carbocycles. The van der Waals surface area contributed by atoms with Crippen LogP contribution in [0.3, 0.4) is 0 Å². The van der Waals surface area contributed by atoms with E-state index in [1.807, 2.05) is 30.3 Å². The Morgan fingerprint density at radius 2 is 1.90 bits per heavy atom. The van der Waals surface area contributed by atoms with Gasteiger partial charge in [-0.15, -0.1) is 0 Å². The van der Waals surface area contributed by atoms with Crippen molar-refractivity contribution in [1.29, 1.82) is 0 Å². The molecule has 0 amide bonds. The molecule has 0 fully saturated rings. The first kappa shape index (κ1) is 13.1. The molecule has 0 saturated heterocycles. The Morgan fingerprint density at radius 1 is 1.15 bits per heavy atom. The maximum atomic E-state index is 13.5. The fraction of sp³-hybridized carbons (Fsp3) is 0.133. The number of benzene rings is 2. The summed E-state index contributed by atoms with van der Waals surface area (Å²) < 4.78 is 19.2. The van der Waals surface area contributed by atoms with E-state index in [1.54, 1.807) is 12.1 Å². The molecule has 3 rings (SSSR count). The van der Waals surface area contributed by atoms with Gasteiger partial charge in [0, 0.05) is 0 Å². The maximum Gasteiger partial charge on any atom is 0.283 e. The van der Waals surface area contributed by atoms with Gasteiger partial charge >= 0.3 is 0 Å². The first-order valence-electron chi connectivity index (χ1n) is 6.11. The van der Waals surface area contributed by atoms with Crippen molar-refractivity contribution in [3.63, 3.8) is 0 Å². The van der Waals surface area contributed by atoms with Gasteiger partial charge in [-0.1, -0.05) is 36.4 Å². The number of ether oxygens (including phenoxy) is 1. The van der Waals surface area contributed by atoms with E-state index < -0.39 is 5.54 Å². The summed E-state index contributed by atoms with van der Waals surface area (Å²) in [7, 11) is 0. The van der Waals surface area contributed by atoms with E-state index in [0.29, 0.717) is 11.1 Å². The van der Waals surface area contributed by atoms with Crippen LogP contribution in [0, 0.1) is 5.82 Å². The minimum Gasteiger partial charge on any atom is -0.462 e. The molecule has 2 aromatic carbocycles. The molecule has 3 nitrogen and oxygen atoms in total. The lowest BCUT2D eigenvalue weighted by molar-refractivity contribution is 0.278. The van der Waals surface area contributed by atoms with Gasteiger partial charge in [0.05, 0.1) is 4.47 Å². The molecule has 5 heteroatoms. The predicted molar refractivity (Wildman–Crippen MR) is 78.9 cm³/mol. The number of halogens is 2. The fourth-order valence-electron chi connectivity index (χ4n) is 2.36. The van der Waals surface area contributed by atoms with Gasteiger partial charge in [-0.2, -0.15) is 0 Å². The molecule has 0 bridgehead atoms. The van der Waals surface area contributed by atoms with Gasteiger partial charge in [0.25, 0.3) is 6.02 Å². The van der Waals surface area contributed by atoms with Crippen molar-refractivity contribution < 1.29 is 9.13 Å². The molecular formula is C15H12BrFN2O. The fourth-order valence-corrected chi connectivity index (χ4v) is 2.74. The molecule has 0 spiro atoms. The highest BCUT2D eigenvalue weighted by molar-refractivity contribution is 9.10. The molecule has 2 N–H and O–H groups in total. The van der Waals surface area contributed by atoms with Crippen LogP contribution in [-0.2, 0) is 10.3 Å². The van der Waals surface area contributed by atoms with Crippen molar-refractivity contribution in [3.8, 4) is 0 Å². The van der Waals surface area contributed by atoms with Crippen molar-refractivity contribution in [1.82, 2.24) is 0 Å². The Bertz CT molecular complexity index is 675. The summed E-state index contributed by atoms with van der Waals surface area (Å²) in [5, 5.41) is 0. The summed E-state index contributed by atoms with van der Waals surface area (Å²) >= 11 is 3.21. The van der Waals surface area contributed by atoms with Gasteiger partial charge in [-0.25, -0.2) is 9.38 Å². The smallest absolute Gasteiger partial charge is 0.283 e. The Kier molecular flexibility index (Phi) is 3.22. The second-order valence-corrected chi connectivity index (χ2v) is 5.45.